The number of rotatable bonds is 7. The average Bonchev–Trinajstić information content (AvgIpc) is 2.34. The van der Waals surface area contributed by atoms with E-state index < -0.39 is 5.97 Å². The molecule has 1 aromatic heterocycles. The quantitative estimate of drug-likeness (QED) is 0.554. The second-order valence-electron chi connectivity index (χ2n) is 3.66. The van der Waals surface area contributed by atoms with Crippen LogP contribution in [0.3, 0.4) is 0 Å². The molecule has 0 aliphatic carbocycles. The largest absolute Gasteiger partial charge is 0.477 e. The molecule has 4 nitrogen and oxygen atoms in total. The maximum Gasteiger partial charge on any atom is 0.354 e. The van der Waals surface area contributed by atoms with Crippen molar-refractivity contribution in [1.82, 2.24) is 10.3 Å². The van der Waals surface area contributed by atoms with Gasteiger partial charge in [-0.15, -0.1) is 12.3 Å². The fourth-order valence-electron chi connectivity index (χ4n) is 1.39. The van der Waals surface area contributed by atoms with Gasteiger partial charge in [-0.25, -0.2) is 9.78 Å². The summed E-state index contributed by atoms with van der Waals surface area (Å²) in [5.74, 6) is 1.59. The summed E-state index contributed by atoms with van der Waals surface area (Å²) < 4.78 is 0. The van der Waals surface area contributed by atoms with Gasteiger partial charge in [0, 0.05) is 13.0 Å². The van der Waals surface area contributed by atoms with Crippen LogP contribution in [0.2, 0.25) is 0 Å². The molecule has 0 aliphatic heterocycles. The van der Waals surface area contributed by atoms with Crippen LogP contribution in [-0.2, 0) is 6.54 Å². The summed E-state index contributed by atoms with van der Waals surface area (Å²) >= 11 is 0. The molecule has 90 valence electrons. The van der Waals surface area contributed by atoms with E-state index in [2.05, 4.69) is 16.2 Å². The zero-order valence-electron chi connectivity index (χ0n) is 9.65. The van der Waals surface area contributed by atoms with E-state index in [4.69, 9.17) is 11.5 Å². The van der Waals surface area contributed by atoms with Crippen molar-refractivity contribution in [2.45, 2.75) is 25.8 Å². The molecule has 0 atom stereocenters. The zero-order valence-corrected chi connectivity index (χ0v) is 9.65. The molecule has 0 unspecified atom stereocenters. The highest BCUT2D eigenvalue weighted by atomic mass is 16.4. The minimum atomic E-state index is -0.999. The van der Waals surface area contributed by atoms with Crippen molar-refractivity contribution < 1.29 is 9.90 Å². The lowest BCUT2D eigenvalue weighted by molar-refractivity contribution is 0.0690. The molecule has 0 aliphatic rings. The molecule has 0 amide bonds. The predicted octanol–water partition coefficient (Wildman–Crippen LogP) is 1.67. The van der Waals surface area contributed by atoms with E-state index in [1.807, 2.05) is 0 Å². The molecule has 2 N–H and O–H groups in total. The molecule has 17 heavy (non-hydrogen) atoms. The summed E-state index contributed by atoms with van der Waals surface area (Å²) in [4.78, 5) is 14.7. The van der Waals surface area contributed by atoms with Gasteiger partial charge in [-0.3, -0.25) is 0 Å². The fourth-order valence-corrected chi connectivity index (χ4v) is 1.39. The minimum Gasteiger partial charge on any atom is -0.477 e. The van der Waals surface area contributed by atoms with Crippen molar-refractivity contribution in [3.8, 4) is 12.3 Å². The van der Waals surface area contributed by atoms with Crippen LogP contribution in [0, 0.1) is 12.3 Å². The lowest BCUT2D eigenvalue weighted by atomic mass is 10.2. The third kappa shape index (κ3) is 5.14. The third-order valence-electron chi connectivity index (χ3n) is 2.26. The predicted molar refractivity (Wildman–Crippen MR) is 65.6 cm³/mol. The summed E-state index contributed by atoms with van der Waals surface area (Å²) in [5.41, 5.74) is 0.818. The molecule has 4 heteroatoms. The highest BCUT2D eigenvalue weighted by molar-refractivity contribution is 5.85. The standard InChI is InChI=1S/C13H16N2O2/c1-2-3-4-5-9-14-10-11-7-6-8-12(15-11)13(16)17/h1,6-8,14H,3-5,9-10H2,(H,16,17). The normalized spacial score (nSPS) is 9.82. The van der Waals surface area contributed by atoms with Gasteiger partial charge >= 0.3 is 5.97 Å². The summed E-state index contributed by atoms with van der Waals surface area (Å²) in [6.07, 6.45) is 7.97. The van der Waals surface area contributed by atoms with E-state index in [1.54, 1.807) is 12.1 Å². The molecule has 0 radical (unpaired) electrons. The number of hydrogen-bond acceptors (Lipinski definition) is 3. The van der Waals surface area contributed by atoms with Gasteiger partial charge in [0.25, 0.3) is 0 Å². The van der Waals surface area contributed by atoms with E-state index in [-0.39, 0.29) is 5.69 Å². The summed E-state index contributed by atoms with van der Waals surface area (Å²) in [6, 6.07) is 4.99. The Kier molecular flexibility index (Phi) is 5.76. The number of terminal acetylenes is 1. The second-order valence-corrected chi connectivity index (χ2v) is 3.66. The highest BCUT2D eigenvalue weighted by Gasteiger charge is 2.04. The Hall–Kier alpha value is -1.86. The first-order valence-electron chi connectivity index (χ1n) is 5.57. The van der Waals surface area contributed by atoms with Gasteiger partial charge in [-0.1, -0.05) is 6.07 Å². The Morgan fingerprint density at radius 3 is 3.00 bits per heavy atom. The van der Waals surface area contributed by atoms with Crippen LogP contribution in [0.25, 0.3) is 0 Å². The Morgan fingerprint density at radius 2 is 2.29 bits per heavy atom. The molecule has 1 aromatic rings. The lowest BCUT2D eigenvalue weighted by Crippen LogP contribution is -2.16. The van der Waals surface area contributed by atoms with Crippen LogP contribution in [0.1, 0.15) is 35.4 Å². The fraction of sp³-hybridized carbons (Fsp3) is 0.385. The number of carboxylic acid groups (broad SMARTS) is 1. The minimum absolute atomic E-state index is 0.0802. The van der Waals surface area contributed by atoms with Crippen LogP contribution in [0.5, 0.6) is 0 Å². The molecule has 0 fully saturated rings. The van der Waals surface area contributed by atoms with E-state index in [0.29, 0.717) is 6.54 Å². The maximum atomic E-state index is 10.7. The van der Waals surface area contributed by atoms with Crippen LogP contribution in [0.4, 0.5) is 0 Å². The van der Waals surface area contributed by atoms with E-state index >= 15 is 0 Å². The van der Waals surface area contributed by atoms with Crippen LogP contribution < -0.4 is 5.32 Å². The Bertz CT molecular complexity index is 410. The number of aromatic nitrogens is 1. The highest BCUT2D eigenvalue weighted by Crippen LogP contribution is 1.99. The first-order chi connectivity index (χ1) is 8.24. The molecular formula is C13H16N2O2. The van der Waals surface area contributed by atoms with Crippen molar-refractivity contribution in [2.75, 3.05) is 6.54 Å². The lowest BCUT2D eigenvalue weighted by Gasteiger charge is -2.04. The molecule has 0 spiro atoms. The van der Waals surface area contributed by atoms with Gasteiger partial charge in [-0.2, -0.15) is 0 Å². The molecule has 0 saturated carbocycles. The SMILES string of the molecule is C#CCCCCNCc1cccc(C(=O)O)n1. The van der Waals surface area contributed by atoms with Gasteiger partial charge in [0.1, 0.15) is 5.69 Å². The summed E-state index contributed by atoms with van der Waals surface area (Å²) in [5, 5.41) is 12.0. The van der Waals surface area contributed by atoms with Crippen molar-refractivity contribution >= 4 is 5.97 Å². The smallest absolute Gasteiger partial charge is 0.354 e. The van der Waals surface area contributed by atoms with Gasteiger partial charge in [-0.05, 0) is 31.5 Å². The first kappa shape index (κ1) is 13.2. The van der Waals surface area contributed by atoms with Crippen molar-refractivity contribution in [1.29, 1.82) is 0 Å². The Morgan fingerprint density at radius 1 is 1.47 bits per heavy atom. The molecule has 0 aromatic carbocycles. The third-order valence-corrected chi connectivity index (χ3v) is 2.26. The topological polar surface area (TPSA) is 62.2 Å². The van der Waals surface area contributed by atoms with E-state index in [0.717, 1.165) is 31.5 Å². The van der Waals surface area contributed by atoms with Crippen LogP contribution >= 0.6 is 0 Å². The first-order valence-corrected chi connectivity index (χ1v) is 5.57. The number of carboxylic acids is 1. The Labute approximate surface area is 101 Å². The molecule has 1 heterocycles. The number of nitrogens with one attached hydrogen (secondary N) is 1. The van der Waals surface area contributed by atoms with Crippen molar-refractivity contribution in [3.63, 3.8) is 0 Å². The van der Waals surface area contributed by atoms with Crippen LogP contribution in [-0.4, -0.2) is 22.6 Å². The summed E-state index contributed by atoms with van der Waals surface area (Å²) in [6.45, 7) is 1.44. The zero-order chi connectivity index (χ0) is 12.5. The monoisotopic (exact) mass is 232 g/mol. The average molecular weight is 232 g/mol. The van der Waals surface area contributed by atoms with Gasteiger partial charge in [0.15, 0.2) is 0 Å². The molecular weight excluding hydrogens is 216 g/mol. The summed E-state index contributed by atoms with van der Waals surface area (Å²) in [7, 11) is 0. The van der Waals surface area contributed by atoms with Gasteiger partial charge < -0.3 is 10.4 Å². The maximum absolute atomic E-state index is 10.7. The molecule has 0 bridgehead atoms. The van der Waals surface area contributed by atoms with Crippen molar-refractivity contribution in [3.05, 3.63) is 29.6 Å². The second kappa shape index (κ2) is 7.42. The Balaban J connectivity index is 2.30. The van der Waals surface area contributed by atoms with E-state index in [9.17, 15) is 4.79 Å². The number of unbranched alkanes of at least 4 members (excludes halogenated alkanes) is 2. The number of nitrogens with zero attached hydrogens (tertiary/aromatic N) is 1. The molecule has 1 rings (SSSR count). The number of hydrogen-bond donors (Lipinski definition) is 2. The number of pyridine rings is 1. The number of carbonyl (C=O) groups is 1. The van der Waals surface area contributed by atoms with Gasteiger partial charge in [0.2, 0.25) is 0 Å². The van der Waals surface area contributed by atoms with Crippen molar-refractivity contribution in [2.24, 2.45) is 0 Å². The van der Waals surface area contributed by atoms with Crippen LogP contribution in [0.15, 0.2) is 18.2 Å². The number of aromatic carboxylic acids is 1. The van der Waals surface area contributed by atoms with E-state index in [1.165, 1.54) is 6.07 Å². The molecule has 0 saturated heterocycles. The van der Waals surface area contributed by atoms with Gasteiger partial charge in [0.05, 0.1) is 5.69 Å².